The third kappa shape index (κ3) is 3.64. The van der Waals surface area contributed by atoms with Gasteiger partial charge in [0.2, 0.25) is 5.91 Å². The van der Waals surface area contributed by atoms with Crippen LogP contribution in [0.1, 0.15) is 36.0 Å². The molecule has 5 unspecified atom stereocenters. The Morgan fingerprint density at radius 1 is 0.943 bits per heavy atom. The maximum atomic E-state index is 13.7. The van der Waals surface area contributed by atoms with E-state index in [2.05, 4.69) is 29.6 Å². The Hall–Kier alpha value is -3.51. The van der Waals surface area contributed by atoms with Gasteiger partial charge in [0.1, 0.15) is 11.5 Å². The summed E-state index contributed by atoms with van der Waals surface area (Å²) in [5.74, 6) is 1.77. The average molecular weight is 471 g/mol. The highest BCUT2D eigenvalue weighted by Crippen LogP contribution is 2.51. The van der Waals surface area contributed by atoms with Gasteiger partial charge < -0.3 is 24.4 Å². The number of ether oxygens (including phenoxy) is 3. The minimum absolute atomic E-state index is 0.0232. The van der Waals surface area contributed by atoms with Gasteiger partial charge in [0, 0.05) is 29.5 Å². The van der Waals surface area contributed by atoms with Crippen LogP contribution in [0.25, 0.3) is 0 Å². The van der Waals surface area contributed by atoms with E-state index in [1.54, 1.807) is 14.2 Å². The molecule has 180 valence electrons. The fourth-order valence-corrected chi connectivity index (χ4v) is 6.07. The number of benzene rings is 3. The monoisotopic (exact) mass is 470 g/mol. The average Bonchev–Trinajstić information content (AvgIpc) is 2.92. The first-order valence-corrected chi connectivity index (χ1v) is 12.3. The Morgan fingerprint density at radius 2 is 1.69 bits per heavy atom. The molecule has 0 radical (unpaired) electrons. The molecule has 3 aliphatic heterocycles. The van der Waals surface area contributed by atoms with Crippen LogP contribution in [0, 0.1) is 5.92 Å². The van der Waals surface area contributed by atoms with E-state index in [9.17, 15) is 4.79 Å². The highest BCUT2D eigenvalue weighted by molar-refractivity contribution is 6.07. The second kappa shape index (κ2) is 8.93. The van der Waals surface area contributed by atoms with Gasteiger partial charge in [-0.15, -0.1) is 0 Å². The van der Waals surface area contributed by atoms with Crippen LogP contribution in [0.2, 0.25) is 0 Å². The molecule has 0 aromatic heterocycles. The lowest BCUT2D eigenvalue weighted by atomic mass is 9.69. The molecular formula is C29H30N2O4. The van der Waals surface area contributed by atoms with Crippen molar-refractivity contribution in [3.8, 4) is 11.5 Å². The fourth-order valence-electron chi connectivity index (χ4n) is 6.07. The van der Waals surface area contributed by atoms with Crippen molar-refractivity contribution in [3.05, 3.63) is 83.9 Å². The molecule has 0 bridgehead atoms. The number of methoxy groups -OCH3 is 2. The van der Waals surface area contributed by atoms with Crippen LogP contribution >= 0.6 is 0 Å². The molecule has 6 heteroatoms. The van der Waals surface area contributed by atoms with Gasteiger partial charge in [-0.3, -0.25) is 4.79 Å². The Morgan fingerprint density at radius 3 is 2.43 bits per heavy atom. The number of carbonyl (C=O) groups excluding carboxylic acids is 1. The van der Waals surface area contributed by atoms with Crippen LogP contribution < -0.4 is 19.7 Å². The van der Waals surface area contributed by atoms with Crippen molar-refractivity contribution in [3.63, 3.8) is 0 Å². The summed E-state index contributed by atoms with van der Waals surface area (Å²) < 4.78 is 17.2. The van der Waals surface area contributed by atoms with Crippen LogP contribution in [0.15, 0.2) is 72.8 Å². The summed E-state index contributed by atoms with van der Waals surface area (Å²) in [6.07, 6.45) is 2.03. The van der Waals surface area contributed by atoms with Crippen molar-refractivity contribution in [2.45, 2.75) is 36.9 Å². The van der Waals surface area contributed by atoms with Gasteiger partial charge in [-0.2, -0.15) is 0 Å². The van der Waals surface area contributed by atoms with Gasteiger partial charge in [-0.25, -0.2) is 0 Å². The van der Waals surface area contributed by atoms with E-state index in [4.69, 9.17) is 14.2 Å². The minimum Gasteiger partial charge on any atom is -0.497 e. The summed E-state index contributed by atoms with van der Waals surface area (Å²) in [5.41, 5.74) is 4.15. The van der Waals surface area contributed by atoms with E-state index >= 15 is 0 Å². The molecule has 0 saturated carbocycles. The van der Waals surface area contributed by atoms with E-state index in [0.717, 1.165) is 53.4 Å². The maximum absolute atomic E-state index is 13.7. The van der Waals surface area contributed by atoms with Crippen LogP contribution in [0.3, 0.4) is 0 Å². The smallest absolute Gasteiger partial charge is 0.237 e. The highest BCUT2D eigenvalue weighted by atomic mass is 16.5. The largest absolute Gasteiger partial charge is 0.497 e. The van der Waals surface area contributed by atoms with Crippen molar-refractivity contribution < 1.29 is 19.0 Å². The summed E-state index contributed by atoms with van der Waals surface area (Å²) in [5, 5.41) is 3.84. The van der Waals surface area contributed by atoms with Gasteiger partial charge in [0.05, 0.1) is 38.3 Å². The molecule has 3 aromatic rings. The van der Waals surface area contributed by atoms with Gasteiger partial charge in [-0.05, 0) is 60.9 Å². The molecule has 0 aliphatic carbocycles. The number of carbonyl (C=O) groups is 1. The first kappa shape index (κ1) is 22.0. The Labute approximate surface area is 205 Å². The molecule has 2 fully saturated rings. The molecule has 0 spiro atoms. The number of rotatable bonds is 5. The van der Waals surface area contributed by atoms with Crippen molar-refractivity contribution in [2.75, 3.05) is 31.0 Å². The lowest BCUT2D eigenvalue weighted by Crippen LogP contribution is -2.68. The Balaban J connectivity index is 1.43. The zero-order valence-electron chi connectivity index (χ0n) is 20.0. The number of β-lactam (4-membered cyclic amide) rings is 1. The van der Waals surface area contributed by atoms with Gasteiger partial charge in [0.15, 0.2) is 0 Å². The van der Waals surface area contributed by atoms with Crippen molar-refractivity contribution in [1.29, 1.82) is 0 Å². The molecular weight excluding hydrogens is 440 g/mol. The number of hydrogen-bond acceptors (Lipinski definition) is 5. The number of amides is 1. The number of anilines is 2. The minimum atomic E-state index is -0.210. The Kier molecular flexibility index (Phi) is 5.61. The van der Waals surface area contributed by atoms with Crippen molar-refractivity contribution in [1.82, 2.24) is 0 Å². The summed E-state index contributed by atoms with van der Waals surface area (Å²) in [6.45, 7) is 0.748. The highest BCUT2D eigenvalue weighted by Gasteiger charge is 2.56. The number of nitrogens with one attached hydrogen (secondary N) is 1. The standard InChI is InChI=1S/C29H30N2O4/c1-33-20-12-10-19(11-13-20)31-27(25(29(31)32)18-7-4-3-5-8-18)26-22-9-6-16-35-28(22)23-17-21(34-2)14-15-24(23)30-26/h3-5,7-8,10-15,17,22,25-28,30H,6,9,16H2,1-2H3. The molecule has 3 aliphatic rings. The lowest BCUT2D eigenvalue weighted by molar-refractivity contribution is -0.128. The third-order valence-electron chi connectivity index (χ3n) is 7.74. The van der Waals surface area contributed by atoms with Crippen LogP contribution in [0.5, 0.6) is 11.5 Å². The van der Waals surface area contributed by atoms with E-state index in [1.165, 1.54) is 0 Å². The maximum Gasteiger partial charge on any atom is 0.237 e. The number of hydrogen-bond donors (Lipinski definition) is 1. The first-order chi connectivity index (χ1) is 17.2. The van der Waals surface area contributed by atoms with Gasteiger partial charge in [-0.1, -0.05) is 30.3 Å². The van der Waals surface area contributed by atoms with Gasteiger partial charge in [0.25, 0.3) is 0 Å². The molecule has 3 aromatic carbocycles. The summed E-state index contributed by atoms with van der Waals surface area (Å²) in [7, 11) is 3.34. The van der Waals surface area contributed by atoms with E-state index < -0.39 is 0 Å². The molecule has 5 atom stereocenters. The molecule has 1 amide bonds. The third-order valence-corrected chi connectivity index (χ3v) is 7.74. The first-order valence-electron chi connectivity index (χ1n) is 12.3. The molecule has 2 saturated heterocycles. The van der Waals surface area contributed by atoms with Crippen molar-refractivity contribution >= 4 is 17.3 Å². The lowest BCUT2D eigenvalue weighted by Gasteiger charge is -2.55. The second-order valence-corrected chi connectivity index (χ2v) is 9.51. The normalized spacial score (nSPS) is 27.2. The zero-order valence-corrected chi connectivity index (χ0v) is 20.0. The molecule has 6 nitrogen and oxygen atoms in total. The Bertz CT molecular complexity index is 1210. The molecule has 6 rings (SSSR count). The van der Waals surface area contributed by atoms with E-state index in [-0.39, 0.29) is 35.9 Å². The van der Waals surface area contributed by atoms with Crippen LogP contribution in [-0.2, 0) is 9.53 Å². The topological polar surface area (TPSA) is 60.0 Å². The predicted octanol–water partition coefficient (Wildman–Crippen LogP) is 5.16. The molecule has 35 heavy (non-hydrogen) atoms. The number of fused-ring (bicyclic) bond motifs is 3. The predicted molar refractivity (Wildman–Crippen MR) is 135 cm³/mol. The molecule has 1 N–H and O–H groups in total. The summed E-state index contributed by atoms with van der Waals surface area (Å²) in [4.78, 5) is 15.6. The zero-order chi connectivity index (χ0) is 23.9. The molecule has 3 heterocycles. The SMILES string of the molecule is COc1ccc(N2C(=O)C(c3ccccc3)C2C2Nc3ccc(OC)cc3C3OCCCC32)cc1. The van der Waals surface area contributed by atoms with Gasteiger partial charge >= 0.3 is 0 Å². The van der Waals surface area contributed by atoms with Crippen LogP contribution in [-0.4, -0.2) is 38.8 Å². The quantitative estimate of drug-likeness (QED) is 0.522. The van der Waals surface area contributed by atoms with E-state index in [1.807, 2.05) is 53.4 Å². The summed E-state index contributed by atoms with van der Waals surface area (Å²) >= 11 is 0. The van der Waals surface area contributed by atoms with E-state index in [0.29, 0.717) is 0 Å². The fraction of sp³-hybridized carbons (Fsp3) is 0.345. The second-order valence-electron chi connectivity index (χ2n) is 9.51. The van der Waals surface area contributed by atoms with Crippen LogP contribution in [0.4, 0.5) is 11.4 Å². The van der Waals surface area contributed by atoms with Crippen molar-refractivity contribution in [2.24, 2.45) is 5.92 Å². The number of nitrogens with zero attached hydrogens (tertiary/aromatic N) is 1. The summed E-state index contributed by atoms with van der Waals surface area (Å²) in [6, 6.07) is 24.1.